The normalized spacial score (nSPS) is 14.2. The second kappa shape index (κ2) is 4.45. The fourth-order valence-electron chi connectivity index (χ4n) is 1.06. The first kappa shape index (κ1) is 11.4. The predicted molar refractivity (Wildman–Crippen MR) is 47.4 cm³/mol. The molecule has 1 unspecified atom stereocenters. The van der Waals surface area contributed by atoms with E-state index in [2.05, 4.69) is 0 Å². The highest BCUT2D eigenvalue weighted by Crippen LogP contribution is 2.07. The highest BCUT2D eigenvalue weighted by atomic mass is 32.2. The van der Waals surface area contributed by atoms with Gasteiger partial charge in [-0.3, -0.25) is 4.79 Å². The van der Waals surface area contributed by atoms with Gasteiger partial charge in [-0.25, -0.2) is 8.42 Å². The fraction of sp³-hybridized carbons (Fsp3) is 0.857. The van der Waals surface area contributed by atoms with E-state index in [-0.39, 0.29) is 12.2 Å². The summed E-state index contributed by atoms with van der Waals surface area (Å²) in [5.41, 5.74) is 4.95. The third kappa shape index (κ3) is 2.81. The molecular formula is C7H15NO3S. The average molecular weight is 193 g/mol. The van der Waals surface area contributed by atoms with Gasteiger partial charge < -0.3 is 5.73 Å². The van der Waals surface area contributed by atoms with Crippen LogP contribution in [0.25, 0.3) is 0 Å². The molecule has 0 aromatic carbocycles. The van der Waals surface area contributed by atoms with Crippen molar-refractivity contribution in [2.45, 2.75) is 31.9 Å². The maximum absolute atomic E-state index is 11.3. The molecule has 1 amide bonds. The van der Waals surface area contributed by atoms with E-state index in [4.69, 9.17) is 5.73 Å². The van der Waals surface area contributed by atoms with Crippen LogP contribution in [0.1, 0.15) is 26.7 Å². The fourth-order valence-corrected chi connectivity index (χ4v) is 2.77. The van der Waals surface area contributed by atoms with Crippen molar-refractivity contribution in [1.82, 2.24) is 0 Å². The molecule has 2 N–H and O–H groups in total. The summed E-state index contributed by atoms with van der Waals surface area (Å²) in [6.45, 7) is 3.40. The van der Waals surface area contributed by atoms with Crippen molar-refractivity contribution < 1.29 is 13.2 Å². The zero-order valence-corrected chi connectivity index (χ0v) is 8.23. The highest BCUT2D eigenvalue weighted by molar-refractivity contribution is 7.92. The molecule has 0 spiro atoms. The maximum atomic E-state index is 11.3. The SMILES string of the molecule is CCCS(=O)(=O)C(CC)C(N)=O. The summed E-state index contributed by atoms with van der Waals surface area (Å²) in [6, 6.07) is 0. The first-order valence-electron chi connectivity index (χ1n) is 3.96. The molecule has 0 heterocycles. The smallest absolute Gasteiger partial charge is 0.235 e. The van der Waals surface area contributed by atoms with Gasteiger partial charge in [0.05, 0.1) is 5.75 Å². The van der Waals surface area contributed by atoms with Crippen molar-refractivity contribution >= 4 is 15.7 Å². The van der Waals surface area contributed by atoms with Gasteiger partial charge in [0.15, 0.2) is 9.84 Å². The lowest BCUT2D eigenvalue weighted by Gasteiger charge is -2.10. The van der Waals surface area contributed by atoms with Crippen LogP contribution in [0.3, 0.4) is 0 Å². The third-order valence-electron chi connectivity index (χ3n) is 1.61. The van der Waals surface area contributed by atoms with Crippen LogP contribution < -0.4 is 5.73 Å². The largest absolute Gasteiger partial charge is 0.369 e. The maximum Gasteiger partial charge on any atom is 0.235 e. The Hall–Kier alpha value is -0.580. The molecule has 0 saturated carbocycles. The van der Waals surface area contributed by atoms with Gasteiger partial charge in [0, 0.05) is 0 Å². The van der Waals surface area contributed by atoms with Crippen LogP contribution in [0.15, 0.2) is 0 Å². The van der Waals surface area contributed by atoms with Gasteiger partial charge in [0.25, 0.3) is 0 Å². The van der Waals surface area contributed by atoms with Crippen molar-refractivity contribution in [2.24, 2.45) is 5.73 Å². The Morgan fingerprint density at radius 3 is 2.17 bits per heavy atom. The standard InChI is InChI=1S/C7H15NO3S/c1-3-5-12(10,11)6(4-2)7(8)9/h6H,3-5H2,1-2H3,(H2,8,9). The van der Waals surface area contributed by atoms with Gasteiger partial charge >= 0.3 is 0 Å². The molecule has 0 aliphatic carbocycles. The minimum Gasteiger partial charge on any atom is -0.369 e. The molecule has 0 aromatic rings. The van der Waals surface area contributed by atoms with Crippen LogP contribution in [0, 0.1) is 0 Å². The summed E-state index contributed by atoms with van der Waals surface area (Å²) in [5.74, 6) is -0.708. The number of carbonyl (C=O) groups is 1. The molecule has 5 heteroatoms. The van der Waals surface area contributed by atoms with Crippen molar-refractivity contribution in [1.29, 1.82) is 0 Å². The molecule has 0 fully saturated rings. The summed E-state index contributed by atoms with van der Waals surface area (Å²) >= 11 is 0. The van der Waals surface area contributed by atoms with E-state index >= 15 is 0 Å². The summed E-state index contributed by atoms with van der Waals surface area (Å²) < 4.78 is 22.6. The van der Waals surface area contributed by atoms with E-state index in [9.17, 15) is 13.2 Å². The van der Waals surface area contributed by atoms with Crippen LogP contribution >= 0.6 is 0 Å². The number of sulfone groups is 1. The Bertz CT molecular complexity index is 245. The lowest BCUT2D eigenvalue weighted by molar-refractivity contribution is -0.117. The van der Waals surface area contributed by atoms with E-state index in [1.165, 1.54) is 0 Å². The van der Waals surface area contributed by atoms with Crippen molar-refractivity contribution in [3.05, 3.63) is 0 Å². The molecule has 0 aliphatic rings. The molecule has 4 nitrogen and oxygen atoms in total. The number of hydrogen-bond acceptors (Lipinski definition) is 3. The van der Waals surface area contributed by atoms with Gasteiger partial charge in [-0.2, -0.15) is 0 Å². The Labute approximate surface area is 73.1 Å². The van der Waals surface area contributed by atoms with Crippen LogP contribution in [0.4, 0.5) is 0 Å². The van der Waals surface area contributed by atoms with Crippen LogP contribution in [-0.2, 0) is 14.6 Å². The van der Waals surface area contributed by atoms with Gasteiger partial charge in [0.1, 0.15) is 5.25 Å². The molecule has 0 bridgehead atoms. The van der Waals surface area contributed by atoms with Crippen molar-refractivity contribution in [3.63, 3.8) is 0 Å². The highest BCUT2D eigenvalue weighted by Gasteiger charge is 2.27. The minimum absolute atomic E-state index is 0.0362. The summed E-state index contributed by atoms with van der Waals surface area (Å²) in [7, 11) is -3.30. The second-order valence-corrected chi connectivity index (χ2v) is 4.97. The summed E-state index contributed by atoms with van der Waals surface area (Å²) in [6.07, 6.45) is 0.782. The van der Waals surface area contributed by atoms with Gasteiger partial charge in [-0.05, 0) is 12.8 Å². The molecule has 0 saturated heterocycles. The lowest BCUT2D eigenvalue weighted by atomic mass is 10.3. The molecule has 1 atom stereocenters. The van der Waals surface area contributed by atoms with E-state index < -0.39 is 21.0 Å². The zero-order valence-electron chi connectivity index (χ0n) is 7.41. The van der Waals surface area contributed by atoms with Gasteiger partial charge in [0.2, 0.25) is 5.91 Å². The zero-order chi connectivity index (χ0) is 9.78. The molecule has 0 rings (SSSR count). The third-order valence-corrected chi connectivity index (χ3v) is 4.02. The summed E-state index contributed by atoms with van der Waals surface area (Å²) in [4.78, 5) is 10.7. The molecule has 72 valence electrons. The van der Waals surface area contributed by atoms with Gasteiger partial charge in [-0.15, -0.1) is 0 Å². The number of amides is 1. The Morgan fingerprint density at radius 2 is 1.92 bits per heavy atom. The first-order chi connectivity index (χ1) is 5.45. The van der Waals surface area contributed by atoms with E-state index in [1.807, 2.05) is 0 Å². The number of nitrogens with two attached hydrogens (primary N) is 1. The molecule has 12 heavy (non-hydrogen) atoms. The van der Waals surface area contributed by atoms with Crippen LogP contribution in [0.2, 0.25) is 0 Å². The van der Waals surface area contributed by atoms with Crippen LogP contribution in [0.5, 0.6) is 0 Å². The second-order valence-electron chi connectivity index (χ2n) is 2.67. The number of rotatable bonds is 5. The average Bonchev–Trinajstić information content (AvgIpc) is 1.86. The van der Waals surface area contributed by atoms with E-state index in [0.29, 0.717) is 6.42 Å². The molecule has 0 radical (unpaired) electrons. The summed E-state index contributed by atoms with van der Waals surface area (Å²) in [5, 5.41) is -1.00. The first-order valence-corrected chi connectivity index (χ1v) is 5.68. The van der Waals surface area contributed by atoms with Crippen LogP contribution in [-0.4, -0.2) is 25.3 Å². The van der Waals surface area contributed by atoms with Gasteiger partial charge in [-0.1, -0.05) is 13.8 Å². The lowest BCUT2D eigenvalue weighted by Crippen LogP contribution is -2.36. The molecule has 0 aliphatic heterocycles. The number of carbonyl (C=O) groups excluding carboxylic acids is 1. The quantitative estimate of drug-likeness (QED) is 0.671. The Morgan fingerprint density at radius 1 is 1.42 bits per heavy atom. The van der Waals surface area contributed by atoms with E-state index in [1.54, 1.807) is 13.8 Å². The Kier molecular flexibility index (Phi) is 4.23. The molecular weight excluding hydrogens is 178 g/mol. The number of hydrogen-bond donors (Lipinski definition) is 1. The minimum atomic E-state index is -3.30. The van der Waals surface area contributed by atoms with Crippen molar-refractivity contribution in [2.75, 3.05) is 5.75 Å². The van der Waals surface area contributed by atoms with E-state index in [0.717, 1.165) is 0 Å². The Balaban J connectivity index is 4.61. The number of primary amides is 1. The molecule has 0 aromatic heterocycles. The monoisotopic (exact) mass is 193 g/mol. The van der Waals surface area contributed by atoms with Crippen molar-refractivity contribution in [3.8, 4) is 0 Å². The topological polar surface area (TPSA) is 77.2 Å². The predicted octanol–water partition coefficient (Wildman–Crippen LogP) is 0.0751.